The van der Waals surface area contributed by atoms with Crippen molar-refractivity contribution >= 4 is 39.9 Å². The first-order valence-corrected chi connectivity index (χ1v) is 12.4. The Balaban J connectivity index is 1.22. The lowest BCUT2D eigenvalue weighted by atomic mass is 10.2. The van der Waals surface area contributed by atoms with Crippen LogP contribution < -0.4 is 10.6 Å². The van der Waals surface area contributed by atoms with Gasteiger partial charge in [-0.1, -0.05) is 12.1 Å². The number of ether oxygens (including phenoxy) is 1. The molecule has 36 heavy (non-hydrogen) atoms. The predicted molar refractivity (Wildman–Crippen MR) is 135 cm³/mol. The van der Waals surface area contributed by atoms with Gasteiger partial charge >= 0.3 is 0 Å². The standard InChI is InChI=1S/C24H26N8O3S/c1-15(29-23(34)20-18-11-28-31(2)21(18)27-14-26-20)24-25-12-19(36-24)22(33)30-17-5-3-4-16(10-17)13-32-6-8-35-9-7-32/h3-5,10-12,14-15H,6-9,13H2,1-2H3,(H,29,34)(H,30,33). The van der Waals surface area contributed by atoms with Crippen LogP contribution in [0.4, 0.5) is 5.69 Å². The van der Waals surface area contributed by atoms with Crippen molar-refractivity contribution in [2.24, 2.45) is 7.05 Å². The molecule has 2 amide bonds. The molecule has 1 aliphatic rings. The molecule has 0 radical (unpaired) electrons. The number of benzene rings is 1. The van der Waals surface area contributed by atoms with E-state index in [4.69, 9.17) is 4.74 Å². The topological polar surface area (TPSA) is 127 Å². The van der Waals surface area contributed by atoms with Gasteiger partial charge in [0.1, 0.15) is 21.9 Å². The number of morpholine rings is 1. The summed E-state index contributed by atoms with van der Waals surface area (Å²) in [4.78, 5) is 41.2. The number of rotatable bonds is 7. The van der Waals surface area contributed by atoms with E-state index in [0.29, 0.717) is 20.9 Å². The summed E-state index contributed by atoms with van der Waals surface area (Å²) in [6.45, 7) is 5.92. The second-order valence-electron chi connectivity index (χ2n) is 8.53. The summed E-state index contributed by atoms with van der Waals surface area (Å²) in [6.07, 6.45) is 4.43. The molecule has 12 heteroatoms. The molecule has 0 saturated carbocycles. The van der Waals surface area contributed by atoms with Crippen molar-refractivity contribution in [1.82, 2.24) is 34.9 Å². The second kappa shape index (κ2) is 10.5. The number of amides is 2. The maximum absolute atomic E-state index is 12.9. The summed E-state index contributed by atoms with van der Waals surface area (Å²) in [7, 11) is 1.75. The van der Waals surface area contributed by atoms with Gasteiger partial charge < -0.3 is 15.4 Å². The summed E-state index contributed by atoms with van der Waals surface area (Å²) in [5.74, 6) is -0.602. The van der Waals surface area contributed by atoms with Gasteiger partial charge in [-0.25, -0.2) is 15.0 Å². The van der Waals surface area contributed by atoms with Gasteiger partial charge in [0.05, 0.1) is 37.0 Å². The highest BCUT2D eigenvalue weighted by atomic mass is 32.1. The van der Waals surface area contributed by atoms with Crippen molar-refractivity contribution in [2.45, 2.75) is 19.5 Å². The number of nitrogens with one attached hydrogen (secondary N) is 2. The Labute approximate surface area is 211 Å². The van der Waals surface area contributed by atoms with Crippen molar-refractivity contribution in [3.63, 3.8) is 0 Å². The van der Waals surface area contributed by atoms with Gasteiger partial charge in [-0.3, -0.25) is 19.2 Å². The molecule has 0 aliphatic carbocycles. The molecule has 1 unspecified atom stereocenters. The van der Waals surface area contributed by atoms with Crippen LogP contribution >= 0.6 is 11.3 Å². The predicted octanol–water partition coefficient (Wildman–Crippen LogP) is 2.40. The minimum atomic E-state index is -0.414. The Morgan fingerprint density at radius 3 is 2.81 bits per heavy atom. The smallest absolute Gasteiger partial charge is 0.271 e. The Hall–Kier alpha value is -3.74. The number of aryl methyl sites for hydroxylation is 1. The van der Waals surface area contributed by atoms with Crippen LogP contribution in [-0.4, -0.2) is 67.7 Å². The average Bonchev–Trinajstić information content (AvgIpc) is 3.53. The zero-order valence-corrected chi connectivity index (χ0v) is 20.8. The van der Waals surface area contributed by atoms with E-state index in [-0.39, 0.29) is 17.5 Å². The molecule has 1 aromatic carbocycles. The van der Waals surface area contributed by atoms with Gasteiger partial charge in [-0.2, -0.15) is 5.10 Å². The average molecular weight is 507 g/mol. The molecule has 0 spiro atoms. The maximum Gasteiger partial charge on any atom is 0.271 e. The molecule has 0 bridgehead atoms. The molecule has 186 valence electrons. The number of carbonyl (C=O) groups excluding carboxylic acids is 2. The summed E-state index contributed by atoms with van der Waals surface area (Å²) < 4.78 is 6.99. The van der Waals surface area contributed by atoms with E-state index < -0.39 is 6.04 Å². The van der Waals surface area contributed by atoms with Crippen molar-refractivity contribution in [1.29, 1.82) is 0 Å². The van der Waals surface area contributed by atoms with Gasteiger partial charge in [0.15, 0.2) is 5.65 Å². The monoisotopic (exact) mass is 506 g/mol. The van der Waals surface area contributed by atoms with Crippen LogP contribution in [0.2, 0.25) is 0 Å². The van der Waals surface area contributed by atoms with Crippen LogP contribution in [0, 0.1) is 0 Å². The van der Waals surface area contributed by atoms with Crippen molar-refractivity contribution < 1.29 is 14.3 Å². The zero-order chi connectivity index (χ0) is 25.1. The molecule has 2 N–H and O–H groups in total. The highest BCUT2D eigenvalue weighted by Crippen LogP contribution is 2.23. The maximum atomic E-state index is 12.9. The first-order valence-electron chi connectivity index (χ1n) is 11.6. The first-order chi connectivity index (χ1) is 17.5. The lowest BCUT2D eigenvalue weighted by Gasteiger charge is -2.26. The van der Waals surface area contributed by atoms with Crippen molar-refractivity contribution in [3.05, 3.63) is 64.1 Å². The first kappa shape index (κ1) is 24.0. The highest BCUT2D eigenvalue weighted by molar-refractivity contribution is 7.13. The Morgan fingerprint density at radius 2 is 1.97 bits per heavy atom. The minimum absolute atomic E-state index is 0.242. The van der Waals surface area contributed by atoms with E-state index in [9.17, 15) is 9.59 Å². The van der Waals surface area contributed by atoms with Crippen LogP contribution in [0.5, 0.6) is 0 Å². The number of anilines is 1. The third kappa shape index (κ3) is 5.25. The largest absolute Gasteiger partial charge is 0.379 e. The van der Waals surface area contributed by atoms with Crippen LogP contribution in [-0.2, 0) is 18.3 Å². The summed E-state index contributed by atoms with van der Waals surface area (Å²) >= 11 is 1.24. The zero-order valence-electron chi connectivity index (χ0n) is 20.0. The number of hydrogen-bond acceptors (Lipinski definition) is 9. The minimum Gasteiger partial charge on any atom is -0.379 e. The van der Waals surface area contributed by atoms with Gasteiger partial charge in [0, 0.05) is 32.4 Å². The molecule has 1 aliphatic heterocycles. The Morgan fingerprint density at radius 1 is 1.14 bits per heavy atom. The molecular weight excluding hydrogens is 480 g/mol. The van der Waals surface area contributed by atoms with E-state index in [1.807, 2.05) is 25.1 Å². The fourth-order valence-electron chi connectivity index (χ4n) is 4.02. The number of thiazole rings is 1. The molecule has 1 fully saturated rings. The molecule has 1 saturated heterocycles. The van der Waals surface area contributed by atoms with Gasteiger partial charge in [0.25, 0.3) is 11.8 Å². The lowest BCUT2D eigenvalue weighted by molar-refractivity contribution is 0.0342. The second-order valence-corrected chi connectivity index (χ2v) is 9.59. The quantitative estimate of drug-likeness (QED) is 0.391. The number of aromatic nitrogens is 5. The fourth-order valence-corrected chi connectivity index (χ4v) is 4.84. The number of nitrogens with zero attached hydrogens (tertiary/aromatic N) is 6. The third-order valence-corrected chi connectivity index (χ3v) is 7.08. The van der Waals surface area contributed by atoms with E-state index in [1.165, 1.54) is 23.9 Å². The Kier molecular flexibility index (Phi) is 6.98. The molecule has 11 nitrogen and oxygen atoms in total. The van der Waals surface area contributed by atoms with Gasteiger partial charge in [-0.05, 0) is 24.6 Å². The van der Waals surface area contributed by atoms with Gasteiger partial charge in [0.2, 0.25) is 0 Å². The van der Waals surface area contributed by atoms with E-state index in [0.717, 1.165) is 44.1 Å². The number of carbonyl (C=O) groups is 2. The highest BCUT2D eigenvalue weighted by Gasteiger charge is 2.21. The molecule has 5 rings (SSSR count). The Bertz CT molecular complexity index is 1400. The summed E-state index contributed by atoms with van der Waals surface area (Å²) in [5, 5.41) is 11.2. The molecule has 3 aromatic heterocycles. The molecular formula is C24H26N8O3S. The molecule has 1 atom stereocenters. The van der Waals surface area contributed by atoms with Crippen molar-refractivity contribution in [3.8, 4) is 0 Å². The SMILES string of the molecule is CC(NC(=O)c1ncnc2c1cnn2C)c1ncc(C(=O)Nc2cccc(CN3CCOCC3)c2)s1. The van der Waals surface area contributed by atoms with Gasteiger partial charge in [-0.15, -0.1) is 11.3 Å². The fraction of sp³-hybridized carbons (Fsp3) is 0.333. The van der Waals surface area contributed by atoms with Crippen molar-refractivity contribution in [2.75, 3.05) is 31.6 Å². The number of fused-ring (bicyclic) bond motifs is 1. The van der Waals surface area contributed by atoms with Crippen LogP contribution in [0.1, 0.15) is 43.7 Å². The molecule has 4 heterocycles. The van der Waals surface area contributed by atoms with Crippen LogP contribution in [0.3, 0.4) is 0 Å². The molecule has 4 aromatic rings. The normalized spacial score (nSPS) is 15.1. The van der Waals surface area contributed by atoms with E-state index in [2.05, 4.69) is 41.7 Å². The number of hydrogen-bond donors (Lipinski definition) is 2. The summed E-state index contributed by atoms with van der Waals surface area (Å²) in [5.41, 5.74) is 2.67. The summed E-state index contributed by atoms with van der Waals surface area (Å²) in [6, 6.07) is 7.43. The lowest BCUT2D eigenvalue weighted by Crippen LogP contribution is -2.35. The van der Waals surface area contributed by atoms with E-state index >= 15 is 0 Å². The van der Waals surface area contributed by atoms with Crippen LogP contribution in [0.25, 0.3) is 11.0 Å². The van der Waals surface area contributed by atoms with E-state index in [1.54, 1.807) is 17.9 Å². The third-order valence-electron chi connectivity index (χ3n) is 5.90. The van der Waals surface area contributed by atoms with Crippen LogP contribution in [0.15, 0.2) is 43.0 Å².